The fourth-order valence-electron chi connectivity index (χ4n) is 4.46. The molecule has 1 fully saturated rings. The summed E-state index contributed by atoms with van der Waals surface area (Å²) in [5, 5.41) is 5.26. The molecule has 1 aliphatic heterocycles. The summed E-state index contributed by atoms with van der Waals surface area (Å²) in [6.45, 7) is 12.4. The van der Waals surface area contributed by atoms with E-state index in [9.17, 15) is 14.4 Å². The van der Waals surface area contributed by atoms with Crippen LogP contribution in [0.3, 0.4) is 0 Å². The molecule has 39 heavy (non-hydrogen) atoms. The third-order valence-corrected chi connectivity index (χ3v) is 6.89. The van der Waals surface area contributed by atoms with Crippen LogP contribution in [0, 0.1) is 11.3 Å². The van der Waals surface area contributed by atoms with Crippen LogP contribution in [0.2, 0.25) is 0 Å². The van der Waals surface area contributed by atoms with Gasteiger partial charge in [-0.3, -0.25) is 24.4 Å². The highest BCUT2D eigenvalue weighted by atomic mass is 16.5. The topological polar surface area (TPSA) is 127 Å². The van der Waals surface area contributed by atoms with Crippen LogP contribution in [-0.4, -0.2) is 59.1 Å². The predicted octanol–water partition coefficient (Wildman–Crippen LogP) is 3.36. The van der Waals surface area contributed by atoms with E-state index in [0.29, 0.717) is 26.0 Å². The van der Waals surface area contributed by atoms with Crippen LogP contribution in [0.5, 0.6) is 0 Å². The molecule has 1 aromatic carbocycles. The molecule has 3 amide bonds. The molecule has 0 radical (unpaired) electrons. The van der Waals surface area contributed by atoms with Gasteiger partial charge >= 0.3 is 0 Å². The number of ether oxygens (including phenoxy) is 1. The maximum Gasteiger partial charge on any atom is 0.258 e. The number of aromatic nitrogens is 1. The molecule has 0 bridgehead atoms. The fraction of sp³-hybridized carbons (Fsp3) is 0.533. The molecule has 0 saturated carbocycles. The number of nitrogens with one attached hydrogen (secondary N) is 2. The number of nitrogens with zero attached hydrogens (tertiary/aromatic N) is 2. The summed E-state index contributed by atoms with van der Waals surface area (Å²) in [4.78, 5) is 42.2. The Labute approximate surface area is 231 Å². The van der Waals surface area contributed by atoms with Gasteiger partial charge in [0.1, 0.15) is 18.2 Å². The molecule has 3 atom stereocenters. The van der Waals surface area contributed by atoms with Gasteiger partial charge in [-0.05, 0) is 49.8 Å². The van der Waals surface area contributed by atoms with E-state index in [1.54, 1.807) is 6.92 Å². The van der Waals surface area contributed by atoms with E-state index >= 15 is 0 Å². The van der Waals surface area contributed by atoms with E-state index in [1.165, 1.54) is 5.01 Å². The lowest BCUT2D eigenvalue weighted by atomic mass is 9.93. The lowest BCUT2D eigenvalue weighted by Gasteiger charge is -2.34. The maximum atomic E-state index is 13.1. The minimum Gasteiger partial charge on any atom is -0.368 e. The summed E-state index contributed by atoms with van der Waals surface area (Å²) >= 11 is 0. The van der Waals surface area contributed by atoms with Crippen molar-refractivity contribution in [3.05, 3.63) is 47.7 Å². The van der Waals surface area contributed by atoms with Gasteiger partial charge in [-0.25, -0.2) is 5.43 Å². The van der Waals surface area contributed by atoms with Crippen LogP contribution in [0.25, 0.3) is 17.0 Å². The summed E-state index contributed by atoms with van der Waals surface area (Å²) < 4.78 is 6.12. The molecule has 0 spiro atoms. The molecule has 1 saturated heterocycles. The van der Waals surface area contributed by atoms with Gasteiger partial charge < -0.3 is 15.8 Å². The molecule has 9 nitrogen and oxygen atoms in total. The van der Waals surface area contributed by atoms with Crippen LogP contribution in [-0.2, 0) is 25.5 Å². The van der Waals surface area contributed by atoms with Crippen LogP contribution >= 0.6 is 0 Å². The van der Waals surface area contributed by atoms with Gasteiger partial charge in [-0.1, -0.05) is 65.0 Å². The molecule has 212 valence electrons. The van der Waals surface area contributed by atoms with Crippen LogP contribution in [0.4, 0.5) is 0 Å². The molecule has 1 unspecified atom stereocenters. The number of hydrazine groups is 1. The summed E-state index contributed by atoms with van der Waals surface area (Å²) in [5.74, 6) is -1.27. The number of fused-ring (bicyclic) bond motifs is 1. The molecule has 1 aromatic heterocycles. The van der Waals surface area contributed by atoms with Crippen molar-refractivity contribution in [3.8, 4) is 0 Å². The number of carbonyl (C=O) groups excluding carboxylic acids is 3. The number of aryl methyl sites for hydroxylation is 1. The first kappa shape index (κ1) is 30.2. The normalized spacial score (nSPS) is 17.9. The predicted molar refractivity (Wildman–Crippen MR) is 153 cm³/mol. The second kappa shape index (κ2) is 13.2. The Balaban J connectivity index is 1.59. The second-order valence-electron chi connectivity index (χ2n) is 11.4. The number of primary amides is 1. The van der Waals surface area contributed by atoms with Gasteiger partial charge in [0.2, 0.25) is 11.8 Å². The highest BCUT2D eigenvalue weighted by Gasteiger charge is 2.32. The first-order chi connectivity index (χ1) is 18.4. The van der Waals surface area contributed by atoms with E-state index in [2.05, 4.69) is 74.0 Å². The van der Waals surface area contributed by atoms with Crippen molar-refractivity contribution in [1.29, 1.82) is 0 Å². The second-order valence-corrected chi connectivity index (χ2v) is 11.4. The Morgan fingerprint density at radius 3 is 2.62 bits per heavy atom. The van der Waals surface area contributed by atoms with Crippen LogP contribution in [0.15, 0.2) is 36.4 Å². The Bertz CT molecular complexity index is 1210. The third-order valence-electron chi connectivity index (χ3n) is 6.89. The number of amides is 3. The van der Waals surface area contributed by atoms with Crippen molar-refractivity contribution in [2.24, 2.45) is 17.1 Å². The smallest absolute Gasteiger partial charge is 0.258 e. The van der Waals surface area contributed by atoms with Crippen LogP contribution < -0.4 is 16.5 Å². The lowest BCUT2D eigenvalue weighted by Crippen LogP contribution is -2.60. The number of pyridine rings is 1. The number of carbonyl (C=O) groups is 3. The molecule has 4 N–H and O–H groups in total. The molecular formula is C30H43N5O4. The number of nitrogens with two attached hydrogens (primary N) is 1. The van der Waals surface area contributed by atoms with E-state index in [-0.39, 0.29) is 23.1 Å². The summed E-state index contributed by atoms with van der Waals surface area (Å²) in [6.07, 6.45) is 5.53. The first-order valence-corrected chi connectivity index (χ1v) is 13.8. The molecule has 2 heterocycles. The van der Waals surface area contributed by atoms with E-state index in [1.807, 2.05) is 13.8 Å². The van der Waals surface area contributed by atoms with Crippen molar-refractivity contribution in [2.75, 3.05) is 13.2 Å². The Hall–Kier alpha value is -3.30. The van der Waals surface area contributed by atoms with Gasteiger partial charge in [0, 0.05) is 23.0 Å². The Kier molecular flexibility index (Phi) is 10.2. The Morgan fingerprint density at radius 2 is 1.95 bits per heavy atom. The van der Waals surface area contributed by atoms with E-state index in [4.69, 9.17) is 15.5 Å². The quantitative estimate of drug-likeness (QED) is 0.403. The molecule has 1 aliphatic rings. The van der Waals surface area contributed by atoms with Crippen molar-refractivity contribution < 1.29 is 19.1 Å². The molecule has 0 aliphatic carbocycles. The average molecular weight is 538 g/mol. The number of benzene rings is 1. The fourth-order valence-corrected chi connectivity index (χ4v) is 4.46. The van der Waals surface area contributed by atoms with Crippen molar-refractivity contribution in [2.45, 2.75) is 79.0 Å². The van der Waals surface area contributed by atoms with E-state index in [0.717, 1.165) is 28.6 Å². The third kappa shape index (κ3) is 8.34. The van der Waals surface area contributed by atoms with Gasteiger partial charge in [0.05, 0.1) is 12.1 Å². The highest BCUT2D eigenvalue weighted by Crippen LogP contribution is 2.23. The molecular weight excluding hydrogens is 494 g/mol. The van der Waals surface area contributed by atoms with Gasteiger partial charge in [0.15, 0.2) is 0 Å². The average Bonchev–Trinajstić information content (AvgIpc) is 2.90. The first-order valence-electron chi connectivity index (χ1n) is 13.8. The summed E-state index contributed by atoms with van der Waals surface area (Å²) in [6, 6.07) is 8.98. The number of hydrogen-bond donors (Lipinski definition) is 3. The molecule has 9 heteroatoms. The molecule has 3 rings (SSSR count). The summed E-state index contributed by atoms with van der Waals surface area (Å²) in [5.41, 5.74) is 11.0. The zero-order valence-electron chi connectivity index (χ0n) is 24.0. The SMILES string of the molecule is CCc1ccc2ccc(/C=C/C(C)(C)COC(C(=O)N[C@@H](C)C(=O)N3CCC[C@@H](C(N)=O)N3)C(C)C)cc2n1. The minimum absolute atomic E-state index is 0.0984. The largest absolute Gasteiger partial charge is 0.368 e. The monoisotopic (exact) mass is 537 g/mol. The van der Waals surface area contributed by atoms with Gasteiger partial charge in [-0.15, -0.1) is 0 Å². The highest BCUT2D eigenvalue weighted by molar-refractivity contribution is 5.89. The zero-order valence-corrected chi connectivity index (χ0v) is 24.0. The maximum absolute atomic E-state index is 13.1. The minimum atomic E-state index is -0.788. The standard InChI is InChI=1S/C30H43N5O4/c1-7-23-13-12-22-11-10-21(17-25(22)33-23)14-15-30(5,6)18-39-26(19(2)3)28(37)32-20(4)29(38)35-16-8-9-24(34-35)27(31)36/h10-15,17,19-20,24,26,34H,7-9,16,18H2,1-6H3,(H2,31,36)(H,32,37)/b15-14+/t20-,24-,26?/m0/s1. The van der Waals surface area contributed by atoms with Crippen LogP contribution in [0.1, 0.15) is 65.6 Å². The molecule has 2 aromatic rings. The van der Waals surface area contributed by atoms with Gasteiger partial charge in [0.25, 0.3) is 5.91 Å². The van der Waals surface area contributed by atoms with E-state index < -0.39 is 24.1 Å². The number of rotatable bonds is 11. The Morgan fingerprint density at radius 1 is 1.23 bits per heavy atom. The lowest BCUT2D eigenvalue weighted by molar-refractivity contribution is -0.146. The number of hydrogen-bond acceptors (Lipinski definition) is 6. The van der Waals surface area contributed by atoms with Gasteiger partial charge in [-0.2, -0.15) is 0 Å². The van der Waals surface area contributed by atoms with Crippen molar-refractivity contribution in [1.82, 2.24) is 20.7 Å². The van der Waals surface area contributed by atoms with Crippen molar-refractivity contribution >= 4 is 34.7 Å². The summed E-state index contributed by atoms with van der Waals surface area (Å²) in [7, 11) is 0. The zero-order chi connectivity index (χ0) is 28.7. The van der Waals surface area contributed by atoms with Crippen molar-refractivity contribution in [3.63, 3.8) is 0 Å².